The Morgan fingerprint density at radius 3 is 2.57 bits per heavy atom. The molecule has 8 heteroatoms. The van der Waals surface area contributed by atoms with E-state index in [-0.39, 0.29) is 16.1 Å². The van der Waals surface area contributed by atoms with Gasteiger partial charge in [0.15, 0.2) is 5.69 Å². The van der Waals surface area contributed by atoms with Crippen LogP contribution in [-0.2, 0) is 15.5 Å². The number of nitrogens with one attached hydrogen (secondary N) is 2. The third kappa shape index (κ3) is 3.58. The molecule has 0 aromatic carbocycles. The topological polar surface area (TPSA) is 91.9 Å². The van der Waals surface area contributed by atoms with Gasteiger partial charge in [-0.05, 0) is 26.2 Å². The number of aryl methyl sites for hydroxylation is 1. The van der Waals surface area contributed by atoms with Gasteiger partial charge in [0, 0.05) is 16.2 Å². The predicted octanol–water partition coefficient (Wildman–Crippen LogP) is 2.35. The zero-order valence-corrected chi connectivity index (χ0v) is 13.8. The summed E-state index contributed by atoms with van der Waals surface area (Å²) in [5.41, 5.74) is -0.0512. The number of nitrogens with zero attached hydrogens (tertiary/aromatic N) is 1. The fourth-order valence-corrected chi connectivity index (χ4v) is 4.13. The molecule has 0 bridgehead atoms. The molecule has 1 fully saturated rings. The van der Waals surface area contributed by atoms with Crippen LogP contribution in [0, 0.1) is 0 Å². The van der Waals surface area contributed by atoms with E-state index in [1.54, 1.807) is 0 Å². The Kier molecular flexibility index (Phi) is 4.63. The molecule has 2 N–H and O–H groups in total. The fourth-order valence-electron chi connectivity index (χ4n) is 2.82. The number of amides is 1. The Morgan fingerprint density at radius 2 is 2.05 bits per heavy atom. The molecule has 0 spiro atoms. The van der Waals surface area contributed by atoms with Gasteiger partial charge < -0.3 is 5.32 Å². The first-order valence-corrected chi connectivity index (χ1v) is 9.42. The number of carbonyl (C=O) groups is 1. The van der Waals surface area contributed by atoms with Crippen molar-refractivity contribution in [3.05, 3.63) is 11.4 Å². The molecule has 21 heavy (non-hydrogen) atoms. The van der Waals surface area contributed by atoms with Crippen molar-refractivity contribution in [2.45, 2.75) is 62.8 Å². The SMILES string of the molecule is CCCc1[nH]nc(C(=O)NC2(C)CCCC2)c1S(=O)(=O)Cl. The van der Waals surface area contributed by atoms with Gasteiger partial charge in [-0.3, -0.25) is 9.89 Å². The maximum absolute atomic E-state index is 12.4. The second-order valence-electron chi connectivity index (χ2n) is 5.79. The van der Waals surface area contributed by atoms with Crippen molar-refractivity contribution in [1.29, 1.82) is 0 Å². The Morgan fingerprint density at radius 1 is 1.43 bits per heavy atom. The van der Waals surface area contributed by atoms with Gasteiger partial charge >= 0.3 is 0 Å². The summed E-state index contributed by atoms with van der Waals surface area (Å²) in [5, 5.41) is 9.39. The van der Waals surface area contributed by atoms with Crippen molar-refractivity contribution in [3.8, 4) is 0 Å². The van der Waals surface area contributed by atoms with Gasteiger partial charge in [-0.2, -0.15) is 5.10 Å². The van der Waals surface area contributed by atoms with Crippen LogP contribution in [0.25, 0.3) is 0 Å². The molecule has 0 saturated heterocycles. The molecule has 0 unspecified atom stereocenters. The highest BCUT2D eigenvalue weighted by Crippen LogP contribution is 2.30. The molecule has 2 rings (SSSR count). The largest absolute Gasteiger partial charge is 0.345 e. The summed E-state index contributed by atoms with van der Waals surface area (Å²) < 4.78 is 23.5. The van der Waals surface area contributed by atoms with E-state index >= 15 is 0 Å². The molecule has 1 aliphatic rings. The molecule has 0 aliphatic heterocycles. The Balaban J connectivity index is 2.33. The summed E-state index contributed by atoms with van der Waals surface area (Å²) in [6, 6.07) is 0. The highest BCUT2D eigenvalue weighted by Gasteiger charge is 2.34. The summed E-state index contributed by atoms with van der Waals surface area (Å²) in [6.45, 7) is 3.87. The zero-order valence-electron chi connectivity index (χ0n) is 12.2. The first-order chi connectivity index (χ1) is 9.77. The highest BCUT2D eigenvalue weighted by molar-refractivity contribution is 8.13. The van der Waals surface area contributed by atoms with Crippen molar-refractivity contribution in [2.24, 2.45) is 0 Å². The van der Waals surface area contributed by atoms with Crippen molar-refractivity contribution >= 4 is 25.6 Å². The minimum atomic E-state index is -4.02. The molecule has 0 radical (unpaired) electrons. The Labute approximate surface area is 129 Å². The third-order valence-corrected chi connectivity index (χ3v) is 5.26. The standard InChI is InChI=1S/C13H20ClN3O3S/c1-3-6-9-11(21(14,19)20)10(17-16-9)12(18)15-13(2)7-4-5-8-13/h3-8H2,1-2H3,(H,15,18)(H,16,17). The van der Waals surface area contributed by atoms with Gasteiger partial charge in [-0.15, -0.1) is 0 Å². The first kappa shape index (κ1) is 16.3. The number of aromatic nitrogens is 2. The maximum atomic E-state index is 12.4. The van der Waals surface area contributed by atoms with E-state index in [4.69, 9.17) is 10.7 Å². The summed E-state index contributed by atoms with van der Waals surface area (Å²) in [7, 11) is 1.45. The van der Waals surface area contributed by atoms with Gasteiger partial charge in [0.1, 0.15) is 4.90 Å². The predicted molar refractivity (Wildman–Crippen MR) is 80.0 cm³/mol. The first-order valence-electron chi connectivity index (χ1n) is 7.11. The normalized spacial score (nSPS) is 17.9. The van der Waals surface area contributed by atoms with Gasteiger partial charge in [0.2, 0.25) is 0 Å². The summed E-state index contributed by atoms with van der Waals surface area (Å²) >= 11 is 0. The van der Waals surface area contributed by atoms with Crippen molar-refractivity contribution in [2.75, 3.05) is 0 Å². The molecule has 1 heterocycles. The van der Waals surface area contributed by atoms with Crippen LogP contribution in [0.4, 0.5) is 0 Å². The van der Waals surface area contributed by atoms with Crippen LogP contribution in [0.3, 0.4) is 0 Å². The second kappa shape index (κ2) is 5.96. The van der Waals surface area contributed by atoms with Gasteiger partial charge in [-0.25, -0.2) is 8.42 Å². The quantitative estimate of drug-likeness (QED) is 0.809. The number of hydrogen-bond acceptors (Lipinski definition) is 4. The average Bonchev–Trinajstić information content (AvgIpc) is 2.95. The van der Waals surface area contributed by atoms with E-state index in [1.807, 2.05) is 13.8 Å². The van der Waals surface area contributed by atoms with E-state index in [2.05, 4.69) is 15.5 Å². The van der Waals surface area contributed by atoms with Gasteiger partial charge in [0.05, 0.1) is 5.69 Å². The molecule has 118 valence electrons. The molecular formula is C13H20ClN3O3S. The van der Waals surface area contributed by atoms with E-state index in [0.717, 1.165) is 32.1 Å². The van der Waals surface area contributed by atoms with Crippen molar-refractivity contribution < 1.29 is 13.2 Å². The summed E-state index contributed by atoms with van der Waals surface area (Å²) in [6.07, 6.45) is 5.07. The van der Waals surface area contributed by atoms with Crippen LogP contribution in [0.1, 0.15) is 62.1 Å². The van der Waals surface area contributed by atoms with E-state index in [9.17, 15) is 13.2 Å². The lowest BCUT2D eigenvalue weighted by Crippen LogP contribution is -2.44. The van der Waals surface area contributed by atoms with E-state index in [1.165, 1.54) is 0 Å². The summed E-state index contributed by atoms with van der Waals surface area (Å²) in [5.74, 6) is -0.489. The lowest BCUT2D eigenvalue weighted by atomic mass is 10.0. The van der Waals surface area contributed by atoms with Gasteiger partial charge in [-0.1, -0.05) is 26.2 Å². The molecule has 1 aliphatic carbocycles. The monoisotopic (exact) mass is 333 g/mol. The van der Waals surface area contributed by atoms with Crippen LogP contribution in [-0.4, -0.2) is 30.1 Å². The van der Waals surface area contributed by atoms with Gasteiger partial charge in [0.25, 0.3) is 15.0 Å². The number of H-pyrrole nitrogens is 1. The molecule has 6 nitrogen and oxygen atoms in total. The Hall–Kier alpha value is -1.08. The second-order valence-corrected chi connectivity index (χ2v) is 8.29. The number of halogens is 1. The number of carbonyl (C=O) groups excluding carboxylic acids is 1. The van der Waals surface area contributed by atoms with Crippen LogP contribution in [0.15, 0.2) is 4.90 Å². The maximum Gasteiger partial charge on any atom is 0.273 e. The number of aromatic amines is 1. The van der Waals surface area contributed by atoms with Crippen LogP contribution in [0.2, 0.25) is 0 Å². The highest BCUT2D eigenvalue weighted by atomic mass is 35.7. The molecule has 1 aromatic heterocycles. The molecule has 1 amide bonds. The molecule has 1 saturated carbocycles. The zero-order chi connectivity index (χ0) is 15.7. The van der Waals surface area contributed by atoms with Crippen LogP contribution < -0.4 is 5.32 Å². The molecule has 1 aromatic rings. The smallest absolute Gasteiger partial charge is 0.273 e. The summed E-state index contributed by atoms with van der Waals surface area (Å²) in [4.78, 5) is 12.2. The lowest BCUT2D eigenvalue weighted by molar-refractivity contribution is 0.0899. The van der Waals surface area contributed by atoms with Crippen molar-refractivity contribution in [1.82, 2.24) is 15.5 Å². The van der Waals surface area contributed by atoms with Crippen LogP contribution in [0.5, 0.6) is 0 Å². The minimum Gasteiger partial charge on any atom is -0.345 e. The molecule has 0 atom stereocenters. The van der Waals surface area contributed by atoms with Crippen molar-refractivity contribution in [3.63, 3.8) is 0 Å². The number of rotatable bonds is 5. The van der Waals surface area contributed by atoms with E-state index in [0.29, 0.717) is 12.1 Å². The average molecular weight is 334 g/mol. The van der Waals surface area contributed by atoms with Crippen LogP contribution >= 0.6 is 10.7 Å². The Bertz CT molecular complexity index is 633. The third-order valence-electron chi connectivity index (χ3n) is 3.87. The number of hydrogen-bond donors (Lipinski definition) is 2. The minimum absolute atomic E-state index is 0.137. The lowest BCUT2D eigenvalue weighted by Gasteiger charge is -2.24. The molecular weight excluding hydrogens is 314 g/mol. The van der Waals surface area contributed by atoms with E-state index < -0.39 is 15.0 Å². The fraction of sp³-hybridized carbons (Fsp3) is 0.692.